The van der Waals surface area contributed by atoms with Crippen molar-refractivity contribution in [1.29, 1.82) is 0 Å². The van der Waals surface area contributed by atoms with Crippen molar-refractivity contribution in [1.82, 2.24) is 0 Å². The van der Waals surface area contributed by atoms with E-state index in [-0.39, 0.29) is 10.6 Å². The number of hydrogen-bond donors (Lipinski definition) is 1. The van der Waals surface area contributed by atoms with Crippen molar-refractivity contribution < 1.29 is 17.5 Å². The molecule has 0 bridgehead atoms. The second kappa shape index (κ2) is 5.33. The highest BCUT2D eigenvalue weighted by Crippen LogP contribution is 2.41. The SMILES string of the molecule is COc1c(C2(N)CCCCC2)ccc(S(C)(=O)=O)c1F. The van der Waals surface area contributed by atoms with Gasteiger partial charge in [0.25, 0.3) is 0 Å². The highest BCUT2D eigenvalue weighted by Gasteiger charge is 2.34. The lowest BCUT2D eigenvalue weighted by molar-refractivity contribution is 0.283. The van der Waals surface area contributed by atoms with Crippen LogP contribution in [-0.4, -0.2) is 21.8 Å². The van der Waals surface area contributed by atoms with Crippen LogP contribution in [0.25, 0.3) is 0 Å². The van der Waals surface area contributed by atoms with E-state index in [1.54, 1.807) is 6.07 Å². The summed E-state index contributed by atoms with van der Waals surface area (Å²) in [7, 11) is -2.30. The third-order valence-electron chi connectivity index (χ3n) is 3.95. The molecule has 0 amide bonds. The van der Waals surface area contributed by atoms with Crippen LogP contribution in [0.4, 0.5) is 4.39 Å². The average Bonchev–Trinajstić information content (AvgIpc) is 2.37. The van der Waals surface area contributed by atoms with Crippen LogP contribution < -0.4 is 10.5 Å². The third kappa shape index (κ3) is 2.67. The van der Waals surface area contributed by atoms with Crippen molar-refractivity contribution in [2.24, 2.45) is 5.73 Å². The lowest BCUT2D eigenvalue weighted by Crippen LogP contribution is -2.39. The first-order chi connectivity index (χ1) is 9.29. The van der Waals surface area contributed by atoms with E-state index in [9.17, 15) is 12.8 Å². The van der Waals surface area contributed by atoms with E-state index >= 15 is 0 Å². The summed E-state index contributed by atoms with van der Waals surface area (Å²) >= 11 is 0. The molecule has 0 spiro atoms. The quantitative estimate of drug-likeness (QED) is 0.930. The molecular formula is C14H20FNO3S. The topological polar surface area (TPSA) is 69.4 Å². The maximum Gasteiger partial charge on any atom is 0.183 e. The fourth-order valence-electron chi connectivity index (χ4n) is 2.87. The number of sulfone groups is 1. The maximum absolute atomic E-state index is 14.4. The van der Waals surface area contributed by atoms with E-state index in [1.165, 1.54) is 13.2 Å². The van der Waals surface area contributed by atoms with E-state index in [1.807, 2.05) is 0 Å². The normalized spacial score (nSPS) is 18.8. The van der Waals surface area contributed by atoms with Crippen LogP contribution in [0.1, 0.15) is 37.7 Å². The average molecular weight is 301 g/mol. The highest BCUT2D eigenvalue weighted by molar-refractivity contribution is 7.90. The molecule has 0 aromatic heterocycles. The fraction of sp³-hybridized carbons (Fsp3) is 0.571. The minimum Gasteiger partial charge on any atom is -0.493 e. The molecular weight excluding hydrogens is 281 g/mol. The summed E-state index contributed by atoms with van der Waals surface area (Å²) in [5.74, 6) is -0.889. The van der Waals surface area contributed by atoms with E-state index in [4.69, 9.17) is 10.5 Å². The van der Waals surface area contributed by atoms with Crippen molar-refractivity contribution in [3.8, 4) is 5.75 Å². The van der Waals surface area contributed by atoms with E-state index < -0.39 is 21.2 Å². The summed E-state index contributed by atoms with van der Waals surface area (Å²) in [6.45, 7) is 0. The van der Waals surface area contributed by atoms with Gasteiger partial charge in [0.15, 0.2) is 21.4 Å². The molecule has 0 atom stereocenters. The fourth-order valence-corrected chi connectivity index (χ4v) is 3.60. The van der Waals surface area contributed by atoms with Crippen LogP contribution >= 0.6 is 0 Å². The monoisotopic (exact) mass is 301 g/mol. The number of methoxy groups -OCH3 is 1. The Labute approximate surface area is 119 Å². The van der Waals surface area contributed by atoms with Gasteiger partial charge in [0.1, 0.15) is 4.90 Å². The van der Waals surface area contributed by atoms with E-state index in [0.717, 1.165) is 38.4 Å². The lowest BCUT2D eigenvalue weighted by Gasteiger charge is -2.35. The minimum atomic E-state index is -3.63. The van der Waals surface area contributed by atoms with Gasteiger partial charge in [0.2, 0.25) is 0 Å². The first-order valence-electron chi connectivity index (χ1n) is 6.65. The second-order valence-electron chi connectivity index (χ2n) is 5.45. The third-order valence-corrected chi connectivity index (χ3v) is 5.06. The molecule has 0 aliphatic heterocycles. The zero-order valence-corrected chi connectivity index (χ0v) is 12.6. The first kappa shape index (κ1) is 15.3. The van der Waals surface area contributed by atoms with Crippen molar-refractivity contribution in [2.45, 2.75) is 42.5 Å². The predicted octanol–water partition coefficient (Wildman–Crippen LogP) is 2.36. The summed E-state index contributed by atoms with van der Waals surface area (Å²) in [5, 5.41) is 0. The molecule has 0 heterocycles. The Morgan fingerprint density at radius 3 is 2.35 bits per heavy atom. The molecule has 1 saturated carbocycles. The Kier molecular flexibility index (Phi) is 4.07. The number of nitrogens with two attached hydrogens (primary N) is 1. The molecule has 2 rings (SSSR count). The van der Waals surface area contributed by atoms with Gasteiger partial charge in [-0.2, -0.15) is 0 Å². The van der Waals surface area contributed by atoms with Gasteiger partial charge >= 0.3 is 0 Å². The molecule has 1 aromatic rings. The summed E-state index contributed by atoms with van der Waals surface area (Å²) in [6, 6.07) is 2.87. The van der Waals surface area contributed by atoms with Crippen LogP contribution in [0.5, 0.6) is 5.75 Å². The molecule has 1 aliphatic rings. The van der Waals surface area contributed by atoms with Gasteiger partial charge in [-0.1, -0.05) is 25.3 Å². The summed E-state index contributed by atoms with van der Waals surface area (Å²) in [4.78, 5) is -0.350. The van der Waals surface area contributed by atoms with Crippen molar-refractivity contribution in [3.63, 3.8) is 0 Å². The number of rotatable bonds is 3. The number of hydrogen-bond acceptors (Lipinski definition) is 4. The molecule has 0 radical (unpaired) electrons. The van der Waals surface area contributed by atoms with Gasteiger partial charge in [-0.05, 0) is 18.9 Å². The standard InChI is InChI=1S/C14H20FNO3S/c1-19-13-10(14(16)8-4-3-5-9-14)6-7-11(12(13)15)20(2,17)18/h6-7H,3-5,8-9,16H2,1-2H3. The molecule has 1 fully saturated rings. The smallest absolute Gasteiger partial charge is 0.183 e. The molecule has 4 nitrogen and oxygen atoms in total. The molecule has 1 aliphatic carbocycles. The summed E-state index contributed by atoms with van der Waals surface area (Å²) in [6.07, 6.45) is 5.56. The van der Waals surface area contributed by atoms with Crippen molar-refractivity contribution in [3.05, 3.63) is 23.5 Å². The lowest BCUT2D eigenvalue weighted by atomic mass is 9.77. The maximum atomic E-state index is 14.4. The van der Waals surface area contributed by atoms with Crippen LogP contribution in [0.2, 0.25) is 0 Å². The van der Waals surface area contributed by atoms with Crippen LogP contribution in [0.15, 0.2) is 17.0 Å². The van der Waals surface area contributed by atoms with Gasteiger partial charge in [-0.15, -0.1) is 0 Å². The predicted molar refractivity (Wildman–Crippen MR) is 75.0 cm³/mol. The van der Waals surface area contributed by atoms with E-state index in [0.29, 0.717) is 5.56 Å². The molecule has 112 valence electrons. The van der Waals surface area contributed by atoms with Crippen molar-refractivity contribution in [2.75, 3.05) is 13.4 Å². The number of halogens is 1. The molecule has 0 saturated heterocycles. The summed E-state index contributed by atoms with van der Waals surface area (Å²) < 4.78 is 42.6. The molecule has 2 N–H and O–H groups in total. The van der Waals surface area contributed by atoms with Crippen LogP contribution in [-0.2, 0) is 15.4 Å². The van der Waals surface area contributed by atoms with Gasteiger partial charge in [-0.25, -0.2) is 12.8 Å². The Balaban J connectivity index is 2.58. The Bertz CT molecular complexity index is 607. The summed E-state index contributed by atoms with van der Waals surface area (Å²) in [5.41, 5.74) is 6.31. The van der Waals surface area contributed by atoms with Crippen LogP contribution in [0.3, 0.4) is 0 Å². The number of ether oxygens (including phenoxy) is 1. The second-order valence-corrected chi connectivity index (χ2v) is 7.43. The minimum absolute atomic E-state index is 0.0441. The largest absolute Gasteiger partial charge is 0.493 e. The zero-order chi connectivity index (χ0) is 15.0. The Morgan fingerprint density at radius 1 is 1.25 bits per heavy atom. The molecule has 6 heteroatoms. The molecule has 1 aromatic carbocycles. The van der Waals surface area contributed by atoms with Gasteiger partial charge < -0.3 is 10.5 Å². The highest BCUT2D eigenvalue weighted by atomic mass is 32.2. The Morgan fingerprint density at radius 2 is 1.85 bits per heavy atom. The van der Waals surface area contributed by atoms with Crippen molar-refractivity contribution >= 4 is 9.84 Å². The van der Waals surface area contributed by atoms with Crippen LogP contribution in [0, 0.1) is 5.82 Å². The Hall–Kier alpha value is -1.14. The molecule has 0 unspecified atom stereocenters. The first-order valence-corrected chi connectivity index (χ1v) is 8.54. The van der Waals surface area contributed by atoms with Gasteiger partial charge in [0.05, 0.1) is 7.11 Å². The van der Waals surface area contributed by atoms with Gasteiger partial charge in [-0.3, -0.25) is 0 Å². The van der Waals surface area contributed by atoms with E-state index in [2.05, 4.69) is 0 Å². The zero-order valence-electron chi connectivity index (χ0n) is 11.8. The number of benzene rings is 1. The van der Waals surface area contributed by atoms with Gasteiger partial charge in [0, 0.05) is 17.4 Å². The molecule has 20 heavy (non-hydrogen) atoms.